The van der Waals surface area contributed by atoms with E-state index in [0.29, 0.717) is 0 Å². The molecule has 0 fully saturated rings. The standard InChI is InChI=1S/C7H12O6/c8-4-1-2-6(10)12-13-7(11)3-5-9/h8-9H,1-5H2. The van der Waals surface area contributed by atoms with Crippen LogP contribution >= 0.6 is 0 Å². The highest BCUT2D eigenvalue weighted by Crippen LogP contribution is 1.94. The molecule has 0 aromatic rings. The summed E-state index contributed by atoms with van der Waals surface area (Å²) in [7, 11) is 0. The monoisotopic (exact) mass is 192 g/mol. The summed E-state index contributed by atoms with van der Waals surface area (Å²) in [6, 6.07) is 0. The largest absolute Gasteiger partial charge is 0.396 e. The lowest BCUT2D eigenvalue weighted by Crippen LogP contribution is -2.12. The van der Waals surface area contributed by atoms with E-state index in [2.05, 4.69) is 9.78 Å². The molecule has 13 heavy (non-hydrogen) atoms. The zero-order valence-corrected chi connectivity index (χ0v) is 7.06. The maximum absolute atomic E-state index is 10.6. The van der Waals surface area contributed by atoms with Crippen LogP contribution in [0.3, 0.4) is 0 Å². The molecule has 6 nitrogen and oxygen atoms in total. The first kappa shape index (κ1) is 11.9. The molecule has 0 aliphatic heterocycles. The van der Waals surface area contributed by atoms with Crippen molar-refractivity contribution in [3.8, 4) is 0 Å². The number of carbonyl (C=O) groups excluding carboxylic acids is 2. The molecule has 0 aliphatic carbocycles. The van der Waals surface area contributed by atoms with Crippen LogP contribution < -0.4 is 0 Å². The average Bonchev–Trinajstić information content (AvgIpc) is 2.12. The van der Waals surface area contributed by atoms with Gasteiger partial charge in [0.1, 0.15) is 0 Å². The summed E-state index contributed by atoms with van der Waals surface area (Å²) in [4.78, 5) is 29.2. The van der Waals surface area contributed by atoms with Gasteiger partial charge in [0.2, 0.25) is 0 Å². The normalized spacial score (nSPS) is 9.38. The fourth-order valence-electron chi connectivity index (χ4n) is 0.491. The average molecular weight is 192 g/mol. The van der Waals surface area contributed by atoms with E-state index in [1.165, 1.54) is 0 Å². The minimum Gasteiger partial charge on any atom is -0.396 e. The molecule has 0 radical (unpaired) electrons. The van der Waals surface area contributed by atoms with Crippen LogP contribution in [-0.4, -0.2) is 35.4 Å². The minimum atomic E-state index is -0.806. The van der Waals surface area contributed by atoms with Gasteiger partial charge in [0, 0.05) is 6.61 Å². The Morgan fingerprint density at radius 3 is 1.92 bits per heavy atom. The molecular weight excluding hydrogens is 180 g/mol. The van der Waals surface area contributed by atoms with E-state index in [-0.39, 0.29) is 32.5 Å². The summed E-state index contributed by atoms with van der Waals surface area (Å²) >= 11 is 0. The van der Waals surface area contributed by atoms with Crippen molar-refractivity contribution in [2.24, 2.45) is 0 Å². The Labute approximate surface area is 75.0 Å². The molecule has 0 saturated carbocycles. The molecule has 0 aliphatic rings. The Morgan fingerprint density at radius 1 is 0.923 bits per heavy atom. The molecule has 6 heteroatoms. The first-order valence-corrected chi connectivity index (χ1v) is 3.82. The van der Waals surface area contributed by atoms with Crippen LogP contribution in [-0.2, 0) is 19.4 Å². The number of aliphatic hydroxyl groups excluding tert-OH is 2. The molecule has 76 valence electrons. The van der Waals surface area contributed by atoms with Gasteiger partial charge in [-0.1, -0.05) is 0 Å². The number of carbonyl (C=O) groups is 2. The van der Waals surface area contributed by atoms with Crippen LogP contribution in [0.5, 0.6) is 0 Å². The Morgan fingerprint density at radius 2 is 1.46 bits per heavy atom. The van der Waals surface area contributed by atoms with E-state index >= 15 is 0 Å². The second kappa shape index (κ2) is 7.51. The van der Waals surface area contributed by atoms with Gasteiger partial charge >= 0.3 is 11.9 Å². The molecule has 0 amide bonds. The third-order valence-electron chi connectivity index (χ3n) is 1.08. The van der Waals surface area contributed by atoms with Gasteiger partial charge in [-0.15, -0.1) is 0 Å². The first-order chi connectivity index (χ1) is 6.20. The number of rotatable bonds is 5. The molecule has 0 saturated heterocycles. The molecule has 0 unspecified atom stereocenters. The SMILES string of the molecule is O=C(CCO)OOC(=O)CCCO. The van der Waals surface area contributed by atoms with Gasteiger partial charge in [-0.25, -0.2) is 19.4 Å². The lowest BCUT2D eigenvalue weighted by molar-refractivity contribution is -0.259. The van der Waals surface area contributed by atoms with Crippen LogP contribution in [0.4, 0.5) is 0 Å². The Kier molecular flexibility index (Phi) is 6.85. The topological polar surface area (TPSA) is 93.1 Å². The quantitative estimate of drug-likeness (QED) is 0.435. The molecule has 0 bridgehead atoms. The van der Waals surface area contributed by atoms with E-state index < -0.39 is 11.9 Å². The highest BCUT2D eigenvalue weighted by molar-refractivity contribution is 5.72. The zero-order valence-electron chi connectivity index (χ0n) is 7.06. The molecule has 2 N–H and O–H groups in total. The van der Waals surface area contributed by atoms with Crippen LogP contribution in [0.1, 0.15) is 19.3 Å². The fourth-order valence-corrected chi connectivity index (χ4v) is 0.491. The lowest BCUT2D eigenvalue weighted by Gasteiger charge is -2.00. The predicted octanol–water partition coefficient (Wildman–Crippen LogP) is -0.857. The molecular formula is C7H12O6. The first-order valence-electron chi connectivity index (χ1n) is 3.82. The van der Waals surface area contributed by atoms with Crippen LogP contribution in [0.2, 0.25) is 0 Å². The van der Waals surface area contributed by atoms with E-state index in [0.717, 1.165) is 0 Å². The van der Waals surface area contributed by atoms with Gasteiger partial charge in [-0.05, 0) is 6.42 Å². The van der Waals surface area contributed by atoms with Gasteiger partial charge in [-0.3, -0.25) is 0 Å². The zero-order chi connectivity index (χ0) is 10.1. The van der Waals surface area contributed by atoms with Crippen molar-refractivity contribution in [2.75, 3.05) is 13.2 Å². The second-order valence-corrected chi connectivity index (χ2v) is 2.21. The van der Waals surface area contributed by atoms with Gasteiger partial charge in [0.05, 0.1) is 19.4 Å². The summed E-state index contributed by atoms with van der Waals surface area (Å²) in [6.45, 7) is -0.479. The maximum Gasteiger partial charge on any atom is 0.357 e. The summed E-state index contributed by atoms with van der Waals surface area (Å²) in [5, 5.41) is 16.6. The van der Waals surface area contributed by atoms with Gasteiger partial charge in [0.15, 0.2) is 0 Å². The van der Waals surface area contributed by atoms with Crippen LogP contribution in [0.25, 0.3) is 0 Å². The van der Waals surface area contributed by atoms with Crippen molar-refractivity contribution in [1.82, 2.24) is 0 Å². The molecule has 0 heterocycles. The Balaban J connectivity index is 3.40. The van der Waals surface area contributed by atoms with E-state index in [4.69, 9.17) is 10.2 Å². The van der Waals surface area contributed by atoms with E-state index in [1.807, 2.05) is 0 Å². The maximum atomic E-state index is 10.6. The molecule has 0 rings (SSSR count). The third kappa shape index (κ3) is 7.23. The number of hydrogen-bond donors (Lipinski definition) is 2. The minimum absolute atomic E-state index is 0.0110. The number of aliphatic hydroxyl groups is 2. The summed E-state index contributed by atoms with van der Waals surface area (Å²) in [6.07, 6.45) is 0.0343. The van der Waals surface area contributed by atoms with Crippen molar-refractivity contribution >= 4 is 11.9 Å². The van der Waals surface area contributed by atoms with Crippen LogP contribution in [0, 0.1) is 0 Å². The molecule has 0 aromatic heterocycles. The smallest absolute Gasteiger partial charge is 0.357 e. The van der Waals surface area contributed by atoms with Gasteiger partial charge in [0.25, 0.3) is 0 Å². The fraction of sp³-hybridized carbons (Fsp3) is 0.714. The van der Waals surface area contributed by atoms with Crippen molar-refractivity contribution in [3.05, 3.63) is 0 Å². The summed E-state index contributed by atoms with van der Waals surface area (Å²) < 4.78 is 0. The highest BCUT2D eigenvalue weighted by atomic mass is 17.2. The number of hydrogen-bond acceptors (Lipinski definition) is 6. The highest BCUT2D eigenvalue weighted by Gasteiger charge is 2.08. The van der Waals surface area contributed by atoms with Crippen molar-refractivity contribution in [1.29, 1.82) is 0 Å². The van der Waals surface area contributed by atoms with Gasteiger partial charge in [-0.2, -0.15) is 0 Å². The Hall–Kier alpha value is -1.14. The van der Waals surface area contributed by atoms with Crippen molar-refractivity contribution < 1.29 is 29.6 Å². The second-order valence-electron chi connectivity index (χ2n) is 2.21. The molecule has 0 aromatic carbocycles. The van der Waals surface area contributed by atoms with Crippen molar-refractivity contribution in [3.63, 3.8) is 0 Å². The van der Waals surface area contributed by atoms with E-state index in [9.17, 15) is 9.59 Å². The van der Waals surface area contributed by atoms with Gasteiger partial charge < -0.3 is 10.2 Å². The lowest BCUT2D eigenvalue weighted by atomic mass is 10.3. The summed E-state index contributed by atoms with van der Waals surface area (Å²) in [5.74, 6) is -1.53. The van der Waals surface area contributed by atoms with E-state index in [1.54, 1.807) is 0 Å². The Bertz CT molecular complexity index is 166. The predicted molar refractivity (Wildman–Crippen MR) is 40.2 cm³/mol. The summed E-state index contributed by atoms with van der Waals surface area (Å²) in [5.41, 5.74) is 0. The molecule has 0 atom stereocenters. The third-order valence-corrected chi connectivity index (χ3v) is 1.08. The van der Waals surface area contributed by atoms with Crippen molar-refractivity contribution in [2.45, 2.75) is 19.3 Å². The van der Waals surface area contributed by atoms with Crippen LogP contribution in [0.15, 0.2) is 0 Å². The molecule has 0 spiro atoms.